The van der Waals surface area contributed by atoms with Gasteiger partial charge in [0.1, 0.15) is 5.75 Å². The van der Waals surface area contributed by atoms with Gasteiger partial charge >= 0.3 is 5.97 Å². The normalized spacial score (nSPS) is 23.9. The number of hydrogen-bond donors (Lipinski definition) is 1. The molecule has 162 valence electrons. The largest absolute Gasteiger partial charge is 0.482 e. The Hall–Kier alpha value is -1.59. The van der Waals surface area contributed by atoms with Crippen LogP contribution in [-0.2, 0) is 27.1 Å². The Morgan fingerprint density at radius 2 is 2.10 bits per heavy atom. The summed E-state index contributed by atoms with van der Waals surface area (Å²) in [6.45, 7) is 5.07. The maximum absolute atomic E-state index is 11.6. The second kappa shape index (κ2) is 11.0. The molecule has 1 aromatic carbocycles. The molecule has 5 heteroatoms. The first kappa shape index (κ1) is 22.1. The first-order chi connectivity index (χ1) is 14.1. The van der Waals surface area contributed by atoms with Gasteiger partial charge < -0.3 is 19.3 Å². The van der Waals surface area contributed by atoms with Crippen LogP contribution in [0.1, 0.15) is 63.5 Å². The molecule has 1 N–H and O–H groups in total. The predicted octanol–water partition coefficient (Wildman–Crippen LogP) is 4.08. The molecule has 4 unspecified atom stereocenters. The minimum absolute atomic E-state index is 0.0482. The fraction of sp³-hybridized carbons (Fsp3) is 0.708. The number of ether oxygens (including phenoxy) is 3. The van der Waals surface area contributed by atoms with E-state index >= 15 is 0 Å². The van der Waals surface area contributed by atoms with Crippen molar-refractivity contribution in [2.24, 2.45) is 11.8 Å². The minimum atomic E-state index is -0.333. The van der Waals surface area contributed by atoms with Crippen molar-refractivity contribution in [1.82, 2.24) is 0 Å². The molecule has 1 aliphatic heterocycles. The van der Waals surface area contributed by atoms with Gasteiger partial charge in [-0.3, -0.25) is 0 Å². The molecule has 29 heavy (non-hydrogen) atoms. The van der Waals surface area contributed by atoms with Gasteiger partial charge in [0.2, 0.25) is 0 Å². The monoisotopic (exact) mass is 404 g/mol. The number of rotatable bonds is 11. The Labute approximate surface area is 174 Å². The summed E-state index contributed by atoms with van der Waals surface area (Å²) in [4.78, 5) is 11.6. The SMILES string of the molecule is CCCCCC(O)CCC1OCC2Cc3c(cccc3OCC(=O)OCC)CC21. The lowest BCUT2D eigenvalue weighted by Gasteiger charge is -2.30. The maximum atomic E-state index is 11.6. The molecule has 0 aromatic heterocycles. The zero-order valence-corrected chi connectivity index (χ0v) is 17.9. The molecule has 1 fully saturated rings. The highest BCUT2D eigenvalue weighted by molar-refractivity contribution is 5.71. The molecular formula is C24H36O5. The third-order valence-corrected chi connectivity index (χ3v) is 6.34. The average Bonchev–Trinajstić information content (AvgIpc) is 3.11. The van der Waals surface area contributed by atoms with Gasteiger partial charge in [0.25, 0.3) is 0 Å². The van der Waals surface area contributed by atoms with Crippen molar-refractivity contribution in [3.8, 4) is 5.75 Å². The Morgan fingerprint density at radius 3 is 2.90 bits per heavy atom. The lowest BCUT2D eigenvalue weighted by atomic mass is 9.74. The summed E-state index contributed by atoms with van der Waals surface area (Å²) in [7, 11) is 0. The molecule has 0 amide bonds. The van der Waals surface area contributed by atoms with Gasteiger partial charge in [-0.1, -0.05) is 38.3 Å². The van der Waals surface area contributed by atoms with E-state index in [2.05, 4.69) is 13.0 Å². The summed E-state index contributed by atoms with van der Waals surface area (Å²) in [6.07, 6.45) is 8.08. The topological polar surface area (TPSA) is 65.0 Å². The van der Waals surface area contributed by atoms with E-state index in [9.17, 15) is 9.90 Å². The minimum Gasteiger partial charge on any atom is -0.482 e. The third kappa shape index (κ3) is 5.95. The van der Waals surface area contributed by atoms with E-state index in [1.54, 1.807) is 6.92 Å². The predicted molar refractivity (Wildman–Crippen MR) is 112 cm³/mol. The van der Waals surface area contributed by atoms with Gasteiger partial charge in [-0.05, 0) is 68.1 Å². The summed E-state index contributed by atoms with van der Waals surface area (Å²) in [6, 6.07) is 6.11. The van der Waals surface area contributed by atoms with Crippen LogP contribution in [0.4, 0.5) is 0 Å². The average molecular weight is 405 g/mol. The van der Waals surface area contributed by atoms with Crippen molar-refractivity contribution in [1.29, 1.82) is 0 Å². The van der Waals surface area contributed by atoms with Crippen molar-refractivity contribution in [2.75, 3.05) is 19.8 Å². The molecule has 0 saturated carbocycles. The molecule has 1 aromatic rings. The van der Waals surface area contributed by atoms with E-state index in [-0.39, 0.29) is 24.8 Å². The smallest absolute Gasteiger partial charge is 0.344 e. The zero-order chi connectivity index (χ0) is 20.6. The van der Waals surface area contributed by atoms with E-state index in [0.717, 1.165) is 50.9 Å². The zero-order valence-electron chi connectivity index (χ0n) is 17.9. The van der Waals surface area contributed by atoms with Crippen LogP contribution in [0.5, 0.6) is 5.75 Å². The van der Waals surface area contributed by atoms with Crippen LogP contribution in [0.25, 0.3) is 0 Å². The number of fused-ring (bicyclic) bond motifs is 2. The van der Waals surface area contributed by atoms with Crippen LogP contribution < -0.4 is 4.74 Å². The quantitative estimate of drug-likeness (QED) is 0.445. The molecule has 2 aliphatic rings. The van der Waals surface area contributed by atoms with Gasteiger partial charge in [-0.15, -0.1) is 0 Å². The molecule has 0 spiro atoms. The van der Waals surface area contributed by atoms with Crippen molar-refractivity contribution in [2.45, 2.75) is 77.4 Å². The van der Waals surface area contributed by atoms with Crippen molar-refractivity contribution >= 4 is 5.97 Å². The first-order valence-electron chi connectivity index (χ1n) is 11.3. The Morgan fingerprint density at radius 1 is 1.24 bits per heavy atom. The number of hydrogen-bond acceptors (Lipinski definition) is 5. The van der Waals surface area contributed by atoms with E-state index in [1.165, 1.54) is 24.0 Å². The fourth-order valence-electron chi connectivity index (χ4n) is 4.76. The van der Waals surface area contributed by atoms with Crippen LogP contribution >= 0.6 is 0 Å². The lowest BCUT2D eigenvalue weighted by molar-refractivity contribution is -0.145. The van der Waals surface area contributed by atoms with Crippen LogP contribution in [0.2, 0.25) is 0 Å². The summed E-state index contributed by atoms with van der Waals surface area (Å²) in [5.41, 5.74) is 2.51. The van der Waals surface area contributed by atoms with Gasteiger partial charge in [-0.25, -0.2) is 4.79 Å². The van der Waals surface area contributed by atoms with Crippen molar-refractivity contribution in [3.63, 3.8) is 0 Å². The molecule has 1 aliphatic carbocycles. The summed E-state index contributed by atoms with van der Waals surface area (Å²) in [5.74, 6) is 1.45. The molecule has 5 nitrogen and oxygen atoms in total. The van der Waals surface area contributed by atoms with Crippen LogP contribution in [0, 0.1) is 11.8 Å². The van der Waals surface area contributed by atoms with Crippen LogP contribution in [-0.4, -0.2) is 43.1 Å². The third-order valence-electron chi connectivity index (χ3n) is 6.34. The molecule has 0 bridgehead atoms. The number of carbonyl (C=O) groups is 1. The molecule has 0 radical (unpaired) electrons. The van der Waals surface area contributed by atoms with Gasteiger partial charge in [-0.2, -0.15) is 0 Å². The molecule has 1 saturated heterocycles. The number of benzene rings is 1. The van der Waals surface area contributed by atoms with Gasteiger partial charge in [0.05, 0.1) is 25.4 Å². The second-order valence-electron chi connectivity index (χ2n) is 8.42. The van der Waals surface area contributed by atoms with E-state index in [0.29, 0.717) is 18.4 Å². The van der Waals surface area contributed by atoms with E-state index in [4.69, 9.17) is 14.2 Å². The Balaban J connectivity index is 1.56. The molecule has 3 rings (SSSR count). The Bertz CT molecular complexity index is 659. The molecule has 1 heterocycles. The molecular weight excluding hydrogens is 368 g/mol. The van der Waals surface area contributed by atoms with Gasteiger partial charge in [0.15, 0.2) is 6.61 Å². The van der Waals surface area contributed by atoms with Crippen LogP contribution in [0.15, 0.2) is 18.2 Å². The highest BCUT2D eigenvalue weighted by Gasteiger charge is 2.41. The summed E-state index contributed by atoms with van der Waals surface area (Å²) < 4.78 is 16.9. The lowest BCUT2D eigenvalue weighted by Crippen LogP contribution is -2.30. The summed E-state index contributed by atoms with van der Waals surface area (Å²) in [5, 5.41) is 10.3. The summed E-state index contributed by atoms with van der Waals surface area (Å²) >= 11 is 0. The van der Waals surface area contributed by atoms with Crippen molar-refractivity contribution in [3.05, 3.63) is 29.3 Å². The standard InChI is InChI=1S/C24H36O5/c1-3-5-6-9-19(25)11-12-23-21-13-17-8-7-10-22(29-16-24(26)27-4-2)20(17)14-18(21)15-28-23/h7-8,10,18-19,21,23,25H,3-6,9,11-16H2,1-2H3. The maximum Gasteiger partial charge on any atom is 0.344 e. The second-order valence-corrected chi connectivity index (χ2v) is 8.42. The highest BCUT2D eigenvalue weighted by Crippen LogP contribution is 2.42. The van der Waals surface area contributed by atoms with E-state index in [1.807, 2.05) is 12.1 Å². The number of unbranched alkanes of at least 4 members (excludes halogenated alkanes) is 2. The van der Waals surface area contributed by atoms with E-state index < -0.39 is 0 Å². The highest BCUT2D eigenvalue weighted by atomic mass is 16.6. The molecule has 4 atom stereocenters. The number of esters is 1. The number of aliphatic hydroxyl groups excluding tert-OH is 1. The van der Waals surface area contributed by atoms with Crippen molar-refractivity contribution < 1.29 is 24.1 Å². The Kier molecular flexibility index (Phi) is 8.37. The first-order valence-corrected chi connectivity index (χ1v) is 11.3. The van der Waals surface area contributed by atoms with Gasteiger partial charge in [0, 0.05) is 0 Å². The van der Waals surface area contributed by atoms with Crippen LogP contribution in [0.3, 0.4) is 0 Å². The number of carbonyl (C=O) groups excluding carboxylic acids is 1. The fourth-order valence-corrected chi connectivity index (χ4v) is 4.76. The number of aliphatic hydroxyl groups is 1.